The molecular formula is C16H22FIN4S. The van der Waals surface area contributed by atoms with Crippen molar-refractivity contribution in [1.29, 1.82) is 0 Å². The molecule has 0 bridgehead atoms. The first-order valence-corrected chi connectivity index (χ1v) is 8.17. The Balaban J connectivity index is 0.00000264. The number of nitrogens with zero attached hydrogens (tertiary/aromatic N) is 2. The molecule has 7 heteroatoms. The Labute approximate surface area is 157 Å². The fourth-order valence-corrected chi connectivity index (χ4v) is 2.67. The van der Waals surface area contributed by atoms with Crippen LogP contribution in [0.25, 0.3) is 0 Å². The maximum atomic E-state index is 12.9. The largest absolute Gasteiger partial charge is 0.357 e. The van der Waals surface area contributed by atoms with Crippen LogP contribution in [-0.2, 0) is 13.0 Å². The summed E-state index contributed by atoms with van der Waals surface area (Å²) in [5.41, 5.74) is 1.10. The fourth-order valence-electron chi connectivity index (χ4n) is 1.95. The molecule has 0 aliphatic rings. The van der Waals surface area contributed by atoms with Crippen LogP contribution in [0.2, 0.25) is 0 Å². The molecule has 0 unspecified atom stereocenters. The minimum Gasteiger partial charge on any atom is -0.357 e. The van der Waals surface area contributed by atoms with Crippen molar-refractivity contribution < 1.29 is 4.39 Å². The lowest BCUT2D eigenvalue weighted by Crippen LogP contribution is -2.38. The normalized spacial score (nSPS) is 11.0. The lowest BCUT2D eigenvalue weighted by molar-refractivity contribution is 0.626. The van der Waals surface area contributed by atoms with Crippen molar-refractivity contribution in [2.24, 2.45) is 4.99 Å². The summed E-state index contributed by atoms with van der Waals surface area (Å²) in [6.45, 7) is 6.21. The van der Waals surface area contributed by atoms with Gasteiger partial charge in [0.15, 0.2) is 5.96 Å². The van der Waals surface area contributed by atoms with Crippen molar-refractivity contribution in [3.05, 3.63) is 51.7 Å². The van der Waals surface area contributed by atoms with Crippen LogP contribution in [0.4, 0.5) is 4.39 Å². The van der Waals surface area contributed by atoms with Gasteiger partial charge in [-0.2, -0.15) is 0 Å². The van der Waals surface area contributed by atoms with Gasteiger partial charge in [-0.15, -0.1) is 35.3 Å². The smallest absolute Gasteiger partial charge is 0.191 e. The molecule has 0 saturated heterocycles. The van der Waals surface area contributed by atoms with Gasteiger partial charge in [0.1, 0.15) is 5.82 Å². The van der Waals surface area contributed by atoms with Crippen LogP contribution in [-0.4, -0.2) is 24.0 Å². The second kappa shape index (κ2) is 10.5. The molecule has 2 N–H and O–H groups in total. The molecule has 0 aliphatic carbocycles. The topological polar surface area (TPSA) is 49.3 Å². The Morgan fingerprint density at radius 1 is 1.26 bits per heavy atom. The van der Waals surface area contributed by atoms with Crippen LogP contribution in [0.1, 0.15) is 22.4 Å². The average Bonchev–Trinajstić information content (AvgIpc) is 2.92. The Hall–Kier alpha value is -1.22. The minimum atomic E-state index is -0.202. The molecule has 0 radical (unpaired) electrons. The van der Waals surface area contributed by atoms with Gasteiger partial charge in [-0.25, -0.2) is 14.4 Å². The first-order valence-electron chi connectivity index (χ1n) is 7.35. The summed E-state index contributed by atoms with van der Waals surface area (Å²) in [5.74, 6) is 0.585. The Bertz CT molecular complexity index is 613. The summed E-state index contributed by atoms with van der Waals surface area (Å²) in [5, 5.41) is 7.56. The van der Waals surface area contributed by atoms with E-state index in [0.29, 0.717) is 6.54 Å². The molecule has 1 aromatic carbocycles. The molecule has 2 rings (SSSR count). The van der Waals surface area contributed by atoms with Crippen molar-refractivity contribution in [3.63, 3.8) is 0 Å². The van der Waals surface area contributed by atoms with Gasteiger partial charge in [-0.1, -0.05) is 12.1 Å². The van der Waals surface area contributed by atoms with Crippen LogP contribution in [0.15, 0.2) is 35.5 Å². The predicted octanol–water partition coefficient (Wildman–Crippen LogP) is 3.51. The maximum absolute atomic E-state index is 12.9. The molecule has 0 spiro atoms. The third-order valence-electron chi connectivity index (χ3n) is 3.03. The van der Waals surface area contributed by atoms with E-state index in [0.717, 1.165) is 40.9 Å². The minimum absolute atomic E-state index is 0. The van der Waals surface area contributed by atoms with Crippen LogP contribution >= 0.6 is 35.3 Å². The molecule has 1 aromatic heterocycles. The summed E-state index contributed by atoms with van der Waals surface area (Å²) in [6, 6.07) is 6.59. The van der Waals surface area contributed by atoms with Gasteiger partial charge in [0.05, 0.1) is 11.6 Å². The summed E-state index contributed by atoms with van der Waals surface area (Å²) < 4.78 is 12.9. The molecule has 1 heterocycles. The second-order valence-electron chi connectivity index (χ2n) is 4.84. The highest BCUT2D eigenvalue weighted by Gasteiger charge is 2.00. The van der Waals surface area contributed by atoms with Gasteiger partial charge in [0.25, 0.3) is 0 Å². The second-order valence-corrected chi connectivity index (χ2v) is 6.16. The predicted molar refractivity (Wildman–Crippen MR) is 105 cm³/mol. The van der Waals surface area contributed by atoms with E-state index in [4.69, 9.17) is 0 Å². The van der Waals surface area contributed by atoms with Crippen molar-refractivity contribution in [2.75, 3.05) is 13.1 Å². The van der Waals surface area contributed by atoms with E-state index in [2.05, 4.69) is 20.6 Å². The number of guanidine groups is 1. The first kappa shape index (κ1) is 19.8. The Kier molecular flexibility index (Phi) is 9.08. The van der Waals surface area contributed by atoms with Gasteiger partial charge in [0.2, 0.25) is 0 Å². The lowest BCUT2D eigenvalue weighted by Gasteiger charge is -2.11. The molecule has 126 valence electrons. The highest BCUT2D eigenvalue weighted by atomic mass is 127. The number of thiazole rings is 1. The standard InChI is InChI=1S/C16H21FN4S.HI/c1-3-18-16(21-11-15-10-20-12(2)22-15)19-9-8-13-4-6-14(17)7-5-13;/h4-7,10H,3,8-9,11H2,1-2H3,(H2,18,19,21);1H. The van der Waals surface area contributed by atoms with Crippen molar-refractivity contribution in [3.8, 4) is 0 Å². The number of benzene rings is 1. The Morgan fingerprint density at radius 3 is 2.61 bits per heavy atom. The van der Waals surface area contributed by atoms with Crippen LogP contribution < -0.4 is 10.6 Å². The third kappa shape index (κ3) is 7.26. The third-order valence-corrected chi connectivity index (χ3v) is 3.92. The molecule has 0 aliphatic heterocycles. The van der Waals surface area contributed by atoms with E-state index in [1.54, 1.807) is 23.5 Å². The van der Waals surface area contributed by atoms with E-state index >= 15 is 0 Å². The van der Waals surface area contributed by atoms with E-state index in [-0.39, 0.29) is 29.8 Å². The number of rotatable bonds is 6. The monoisotopic (exact) mass is 448 g/mol. The number of aliphatic imine (C=N–C) groups is 1. The maximum Gasteiger partial charge on any atom is 0.191 e. The van der Waals surface area contributed by atoms with Crippen molar-refractivity contribution >= 4 is 41.3 Å². The molecule has 0 fully saturated rings. The highest BCUT2D eigenvalue weighted by molar-refractivity contribution is 14.0. The van der Waals surface area contributed by atoms with Gasteiger partial charge in [-0.3, -0.25) is 0 Å². The molecule has 0 saturated carbocycles. The van der Waals surface area contributed by atoms with E-state index in [9.17, 15) is 4.39 Å². The summed E-state index contributed by atoms with van der Waals surface area (Å²) in [7, 11) is 0. The molecular weight excluding hydrogens is 426 g/mol. The molecule has 0 atom stereocenters. The van der Waals surface area contributed by atoms with E-state index < -0.39 is 0 Å². The number of halogens is 2. The summed E-state index contributed by atoms with van der Waals surface area (Å²) in [6.07, 6.45) is 2.69. The molecule has 23 heavy (non-hydrogen) atoms. The zero-order valence-corrected chi connectivity index (χ0v) is 16.5. The SMILES string of the molecule is CCNC(=NCc1cnc(C)s1)NCCc1ccc(F)cc1.I. The lowest BCUT2D eigenvalue weighted by atomic mass is 10.1. The van der Waals surface area contributed by atoms with Crippen molar-refractivity contribution in [1.82, 2.24) is 15.6 Å². The number of hydrogen-bond donors (Lipinski definition) is 2. The van der Waals surface area contributed by atoms with Crippen molar-refractivity contribution in [2.45, 2.75) is 26.8 Å². The zero-order valence-electron chi connectivity index (χ0n) is 13.3. The quantitative estimate of drug-likeness (QED) is 0.404. The molecule has 0 amide bonds. The van der Waals surface area contributed by atoms with Gasteiger partial charge < -0.3 is 10.6 Å². The number of hydrogen-bond acceptors (Lipinski definition) is 3. The Morgan fingerprint density at radius 2 is 2.00 bits per heavy atom. The summed E-state index contributed by atoms with van der Waals surface area (Å²) in [4.78, 5) is 9.92. The van der Waals surface area contributed by atoms with Gasteiger partial charge >= 0.3 is 0 Å². The first-order chi connectivity index (χ1) is 10.7. The van der Waals surface area contributed by atoms with Gasteiger partial charge in [-0.05, 0) is 38.0 Å². The van der Waals surface area contributed by atoms with Gasteiger partial charge in [0, 0.05) is 24.2 Å². The highest BCUT2D eigenvalue weighted by Crippen LogP contribution is 2.12. The molecule has 2 aromatic rings. The van der Waals surface area contributed by atoms with E-state index in [1.165, 1.54) is 12.1 Å². The fraction of sp³-hybridized carbons (Fsp3) is 0.375. The average molecular weight is 448 g/mol. The number of nitrogens with one attached hydrogen (secondary N) is 2. The molecule has 4 nitrogen and oxygen atoms in total. The number of aromatic nitrogens is 1. The van der Waals surface area contributed by atoms with Crippen LogP contribution in [0.5, 0.6) is 0 Å². The van der Waals surface area contributed by atoms with Crippen LogP contribution in [0, 0.1) is 12.7 Å². The van der Waals surface area contributed by atoms with Crippen LogP contribution in [0.3, 0.4) is 0 Å². The number of aryl methyl sites for hydroxylation is 1. The van der Waals surface area contributed by atoms with E-state index in [1.807, 2.05) is 20.0 Å². The zero-order chi connectivity index (χ0) is 15.8. The summed E-state index contributed by atoms with van der Waals surface area (Å²) >= 11 is 1.66.